The van der Waals surface area contributed by atoms with Gasteiger partial charge in [0.2, 0.25) is 11.5 Å². The summed E-state index contributed by atoms with van der Waals surface area (Å²) >= 11 is 0. The van der Waals surface area contributed by atoms with Crippen LogP contribution in [0.15, 0.2) is 52.9 Å². The summed E-state index contributed by atoms with van der Waals surface area (Å²) in [5.41, 5.74) is 2.49. The highest BCUT2D eigenvalue weighted by molar-refractivity contribution is 5.84. The molecule has 3 aromatic rings. The van der Waals surface area contributed by atoms with Gasteiger partial charge in [0.05, 0.1) is 14.2 Å². The maximum atomic E-state index is 11.1. The van der Waals surface area contributed by atoms with Crippen molar-refractivity contribution < 1.29 is 28.5 Å². The highest BCUT2D eigenvalue weighted by Crippen LogP contribution is 2.44. The van der Waals surface area contributed by atoms with E-state index in [0.717, 1.165) is 11.1 Å². The molecule has 1 heterocycles. The lowest BCUT2D eigenvalue weighted by Gasteiger charge is -2.17. The minimum Gasteiger partial charge on any atom is -0.493 e. The molecule has 0 bridgehead atoms. The summed E-state index contributed by atoms with van der Waals surface area (Å²) in [6.07, 6.45) is 0. The Labute approximate surface area is 156 Å². The molecule has 0 unspecified atom stereocenters. The Bertz CT molecular complexity index is 943. The molecule has 2 aromatic carbocycles. The lowest BCUT2D eigenvalue weighted by atomic mass is 10.0. The maximum absolute atomic E-state index is 11.1. The van der Waals surface area contributed by atoms with Crippen LogP contribution in [0.4, 0.5) is 0 Å². The minimum absolute atomic E-state index is 0.119. The highest BCUT2D eigenvalue weighted by atomic mass is 16.5. The molecular formula is C21H20O6. The summed E-state index contributed by atoms with van der Waals surface area (Å²) in [4.78, 5) is 11.1. The fourth-order valence-corrected chi connectivity index (χ4v) is 2.81. The summed E-state index contributed by atoms with van der Waals surface area (Å²) in [6, 6.07) is 15.0. The van der Waals surface area contributed by atoms with Gasteiger partial charge in [-0.1, -0.05) is 30.3 Å². The predicted octanol–water partition coefficient (Wildman–Crippen LogP) is 4.55. The molecule has 140 valence electrons. The molecule has 1 N–H and O–H groups in total. The number of furan rings is 1. The SMILES string of the molecule is COc1ccc(-c2ccccc2)c(OC)c1OCc1cc(C(=O)O)oc1C. The smallest absolute Gasteiger partial charge is 0.371 e. The van der Waals surface area contributed by atoms with Crippen LogP contribution in [0.1, 0.15) is 21.9 Å². The molecule has 0 amide bonds. The van der Waals surface area contributed by atoms with Crippen LogP contribution >= 0.6 is 0 Å². The van der Waals surface area contributed by atoms with Crippen LogP contribution in [0.3, 0.4) is 0 Å². The Morgan fingerprint density at radius 1 is 1.04 bits per heavy atom. The second-order valence-corrected chi connectivity index (χ2v) is 5.83. The number of hydrogen-bond donors (Lipinski definition) is 1. The molecule has 6 heteroatoms. The van der Waals surface area contributed by atoms with Crippen LogP contribution in [-0.2, 0) is 6.61 Å². The Balaban J connectivity index is 1.97. The maximum Gasteiger partial charge on any atom is 0.371 e. The van der Waals surface area contributed by atoms with Crippen molar-refractivity contribution in [2.75, 3.05) is 14.2 Å². The summed E-state index contributed by atoms with van der Waals surface area (Å²) < 4.78 is 22.2. The number of methoxy groups -OCH3 is 2. The van der Waals surface area contributed by atoms with Crippen molar-refractivity contribution in [1.29, 1.82) is 0 Å². The average molecular weight is 368 g/mol. The van der Waals surface area contributed by atoms with E-state index in [2.05, 4.69) is 0 Å². The van der Waals surface area contributed by atoms with Crippen LogP contribution in [0.25, 0.3) is 11.1 Å². The molecule has 0 aliphatic rings. The topological polar surface area (TPSA) is 78.1 Å². The van der Waals surface area contributed by atoms with E-state index in [1.165, 1.54) is 6.07 Å². The van der Waals surface area contributed by atoms with E-state index in [4.69, 9.17) is 23.7 Å². The third-order valence-corrected chi connectivity index (χ3v) is 4.19. The molecular weight excluding hydrogens is 348 g/mol. The molecule has 0 aliphatic carbocycles. The fraction of sp³-hybridized carbons (Fsp3) is 0.190. The third-order valence-electron chi connectivity index (χ3n) is 4.19. The summed E-state index contributed by atoms with van der Waals surface area (Å²) in [5.74, 6) is 0.753. The Hall–Kier alpha value is -3.41. The van der Waals surface area contributed by atoms with Gasteiger partial charge in [0, 0.05) is 11.1 Å². The number of rotatable bonds is 7. The van der Waals surface area contributed by atoms with Gasteiger partial charge in [-0.2, -0.15) is 0 Å². The first kappa shape index (κ1) is 18.4. The molecule has 3 rings (SSSR count). The summed E-state index contributed by atoms with van der Waals surface area (Å²) in [6.45, 7) is 1.81. The highest BCUT2D eigenvalue weighted by Gasteiger charge is 2.19. The molecule has 6 nitrogen and oxygen atoms in total. The van der Waals surface area contributed by atoms with Crippen molar-refractivity contribution in [3.63, 3.8) is 0 Å². The van der Waals surface area contributed by atoms with Gasteiger partial charge >= 0.3 is 5.97 Å². The molecule has 0 fully saturated rings. The van der Waals surface area contributed by atoms with Gasteiger partial charge in [-0.3, -0.25) is 0 Å². The van der Waals surface area contributed by atoms with Gasteiger partial charge in [0.1, 0.15) is 12.4 Å². The first-order valence-corrected chi connectivity index (χ1v) is 8.31. The predicted molar refractivity (Wildman–Crippen MR) is 99.7 cm³/mol. The molecule has 0 spiro atoms. The number of aryl methyl sites for hydroxylation is 1. The van der Waals surface area contributed by atoms with Crippen LogP contribution in [0.5, 0.6) is 17.2 Å². The summed E-state index contributed by atoms with van der Waals surface area (Å²) in [5, 5.41) is 9.06. The number of carboxylic acids is 1. The Morgan fingerprint density at radius 2 is 1.78 bits per heavy atom. The summed E-state index contributed by atoms with van der Waals surface area (Å²) in [7, 11) is 3.12. The monoisotopic (exact) mass is 368 g/mol. The van der Waals surface area contributed by atoms with E-state index >= 15 is 0 Å². The van der Waals surface area contributed by atoms with Crippen molar-refractivity contribution in [1.82, 2.24) is 0 Å². The van der Waals surface area contributed by atoms with E-state index in [9.17, 15) is 4.79 Å². The van der Waals surface area contributed by atoms with Crippen LogP contribution < -0.4 is 14.2 Å². The van der Waals surface area contributed by atoms with Crippen LogP contribution in [0, 0.1) is 6.92 Å². The van der Waals surface area contributed by atoms with Crippen LogP contribution in [-0.4, -0.2) is 25.3 Å². The van der Waals surface area contributed by atoms with E-state index in [1.807, 2.05) is 42.5 Å². The second kappa shape index (κ2) is 7.86. The van der Waals surface area contributed by atoms with E-state index < -0.39 is 5.97 Å². The molecule has 0 atom stereocenters. The molecule has 27 heavy (non-hydrogen) atoms. The zero-order valence-electron chi connectivity index (χ0n) is 15.3. The Morgan fingerprint density at radius 3 is 2.37 bits per heavy atom. The molecule has 0 saturated heterocycles. The van der Waals surface area contributed by atoms with E-state index in [1.54, 1.807) is 21.1 Å². The third kappa shape index (κ3) is 3.74. The number of carboxylic acid groups (broad SMARTS) is 1. The van der Waals surface area contributed by atoms with E-state index in [0.29, 0.717) is 28.6 Å². The Kier molecular flexibility index (Phi) is 5.35. The van der Waals surface area contributed by atoms with Gasteiger partial charge < -0.3 is 23.7 Å². The average Bonchev–Trinajstić information content (AvgIpc) is 3.07. The van der Waals surface area contributed by atoms with Gasteiger partial charge in [-0.05, 0) is 30.7 Å². The number of carbonyl (C=O) groups is 1. The zero-order chi connectivity index (χ0) is 19.4. The molecule has 0 aliphatic heterocycles. The zero-order valence-corrected chi connectivity index (χ0v) is 15.3. The van der Waals surface area contributed by atoms with Gasteiger partial charge in [0.15, 0.2) is 11.5 Å². The number of ether oxygens (including phenoxy) is 3. The lowest BCUT2D eigenvalue weighted by Crippen LogP contribution is -2.01. The van der Waals surface area contributed by atoms with Gasteiger partial charge in [-0.25, -0.2) is 4.79 Å². The molecule has 0 saturated carbocycles. The first-order chi connectivity index (χ1) is 13.0. The molecule has 1 aromatic heterocycles. The minimum atomic E-state index is -1.12. The van der Waals surface area contributed by atoms with Crippen molar-refractivity contribution in [3.8, 4) is 28.4 Å². The normalized spacial score (nSPS) is 10.5. The largest absolute Gasteiger partial charge is 0.493 e. The van der Waals surface area contributed by atoms with Crippen molar-refractivity contribution in [2.24, 2.45) is 0 Å². The fourth-order valence-electron chi connectivity index (χ4n) is 2.81. The van der Waals surface area contributed by atoms with Crippen LogP contribution in [0.2, 0.25) is 0 Å². The first-order valence-electron chi connectivity index (χ1n) is 8.31. The number of hydrogen-bond acceptors (Lipinski definition) is 5. The quantitative estimate of drug-likeness (QED) is 0.659. The van der Waals surface area contributed by atoms with Crippen molar-refractivity contribution >= 4 is 5.97 Å². The second-order valence-electron chi connectivity index (χ2n) is 5.83. The molecule has 0 radical (unpaired) electrons. The standard InChI is InChI=1S/C21H20O6/c1-13-15(11-18(27-13)21(22)23)12-26-20-17(24-2)10-9-16(19(20)25-3)14-7-5-4-6-8-14/h4-11H,12H2,1-3H3,(H,22,23). The van der Waals surface area contributed by atoms with E-state index in [-0.39, 0.29) is 12.4 Å². The lowest BCUT2D eigenvalue weighted by molar-refractivity contribution is 0.0661. The van der Waals surface area contributed by atoms with Crippen molar-refractivity contribution in [3.05, 3.63) is 65.6 Å². The van der Waals surface area contributed by atoms with Crippen molar-refractivity contribution in [2.45, 2.75) is 13.5 Å². The number of aromatic carboxylic acids is 1. The number of benzene rings is 2. The van der Waals surface area contributed by atoms with Gasteiger partial charge in [-0.15, -0.1) is 0 Å². The van der Waals surface area contributed by atoms with Gasteiger partial charge in [0.25, 0.3) is 0 Å².